The van der Waals surface area contributed by atoms with Crippen molar-refractivity contribution in [2.45, 2.75) is 13.5 Å². The number of nitrogens with zero attached hydrogens (tertiary/aromatic N) is 3. The van der Waals surface area contributed by atoms with Gasteiger partial charge in [-0.25, -0.2) is 14.3 Å². The van der Waals surface area contributed by atoms with Crippen LogP contribution in [0.5, 0.6) is 11.5 Å². The maximum absolute atomic E-state index is 12.4. The lowest BCUT2D eigenvalue weighted by atomic mass is 10.1. The number of carbonyl (C=O) groups excluding carboxylic acids is 1. The second-order valence-electron chi connectivity index (χ2n) is 5.75. The number of rotatable bonds is 5. The molecule has 0 fully saturated rings. The second kappa shape index (κ2) is 7.32. The number of imidazole rings is 1. The summed E-state index contributed by atoms with van der Waals surface area (Å²) in [5.74, 6) is 0.521. The van der Waals surface area contributed by atoms with Crippen molar-refractivity contribution in [1.29, 1.82) is 0 Å². The van der Waals surface area contributed by atoms with E-state index in [4.69, 9.17) is 14.2 Å². The van der Waals surface area contributed by atoms with Gasteiger partial charge in [0.05, 0.1) is 41.8 Å². The summed E-state index contributed by atoms with van der Waals surface area (Å²) in [5.41, 5.74) is 2.22. The molecule has 0 radical (unpaired) electrons. The highest BCUT2D eigenvalue weighted by atomic mass is 16.6. The average Bonchev–Trinajstić information content (AvgIpc) is 3.08. The second-order valence-corrected chi connectivity index (χ2v) is 5.75. The molecule has 3 rings (SSSR count). The van der Waals surface area contributed by atoms with Crippen molar-refractivity contribution in [1.82, 2.24) is 9.55 Å². The molecule has 2 aromatic carbocycles. The molecule has 9 heteroatoms. The van der Waals surface area contributed by atoms with Crippen molar-refractivity contribution in [2.75, 3.05) is 14.2 Å². The third-order valence-electron chi connectivity index (χ3n) is 4.03. The minimum absolute atomic E-state index is 0.186. The fraction of sp³-hybridized carbons (Fsp3) is 0.222. The number of aryl methyl sites for hydroxylation is 1. The van der Waals surface area contributed by atoms with E-state index in [1.54, 1.807) is 6.07 Å². The molecule has 140 valence electrons. The minimum Gasteiger partial charge on any atom is -0.493 e. The van der Waals surface area contributed by atoms with Crippen LogP contribution >= 0.6 is 0 Å². The Morgan fingerprint density at radius 3 is 2.56 bits per heavy atom. The quantitative estimate of drug-likeness (QED) is 0.499. The third kappa shape index (κ3) is 3.52. The molecule has 0 aliphatic carbocycles. The zero-order valence-corrected chi connectivity index (χ0v) is 15.0. The van der Waals surface area contributed by atoms with E-state index < -0.39 is 11.0 Å². The van der Waals surface area contributed by atoms with Crippen molar-refractivity contribution >= 4 is 22.8 Å². The fourth-order valence-electron chi connectivity index (χ4n) is 2.67. The van der Waals surface area contributed by atoms with Crippen molar-refractivity contribution in [3.8, 4) is 11.5 Å². The van der Waals surface area contributed by atoms with Crippen LogP contribution in [0.1, 0.15) is 11.1 Å². The normalized spacial score (nSPS) is 10.6. The van der Waals surface area contributed by atoms with Gasteiger partial charge in [-0.05, 0) is 30.7 Å². The van der Waals surface area contributed by atoms with E-state index in [1.807, 2.05) is 19.1 Å². The summed E-state index contributed by atoms with van der Waals surface area (Å²) >= 11 is 0. The number of fused-ring (bicyclic) bond motifs is 1. The molecule has 0 N–H and O–H groups in total. The number of methoxy groups -OCH3 is 2. The molecule has 3 aromatic rings. The molecule has 0 spiro atoms. The van der Waals surface area contributed by atoms with Gasteiger partial charge in [0.25, 0.3) is 5.69 Å². The van der Waals surface area contributed by atoms with E-state index >= 15 is 0 Å². The Morgan fingerprint density at radius 2 is 1.89 bits per heavy atom. The molecule has 0 bridgehead atoms. The molecule has 0 aliphatic heterocycles. The topological polar surface area (TPSA) is 106 Å². The van der Waals surface area contributed by atoms with Crippen molar-refractivity contribution in [2.24, 2.45) is 0 Å². The average molecular weight is 371 g/mol. The highest BCUT2D eigenvalue weighted by Gasteiger charge is 2.21. The highest BCUT2D eigenvalue weighted by Crippen LogP contribution is 2.34. The number of aromatic nitrogens is 2. The van der Waals surface area contributed by atoms with Gasteiger partial charge in [0.1, 0.15) is 12.9 Å². The van der Waals surface area contributed by atoms with E-state index in [2.05, 4.69) is 4.98 Å². The first-order chi connectivity index (χ1) is 12.9. The van der Waals surface area contributed by atoms with Gasteiger partial charge in [0, 0.05) is 0 Å². The van der Waals surface area contributed by atoms with Crippen molar-refractivity contribution in [3.63, 3.8) is 0 Å². The van der Waals surface area contributed by atoms with Crippen LogP contribution in [-0.2, 0) is 11.3 Å². The summed E-state index contributed by atoms with van der Waals surface area (Å²) in [6, 6.07) is 8.11. The lowest BCUT2D eigenvalue weighted by Crippen LogP contribution is -2.13. The zero-order chi connectivity index (χ0) is 19.6. The van der Waals surface area contributed by atoms with Crippen LogP contribution in [0.4, 0.5) is 10.5 Å². The molecular formula is C18H17N3O6. The van der Waals surface area contributed by atoms with Gasteiger partial charge in [-0.1, -0.05) is 6.07 Å². The minimum atomic E-state index is -0.689. The number of hydrogen-bond acceptors (Lipinski definition) is 7. The Morgan fingerprint density at radius 1 is 1.19 bits per heavy atom. The summed E-state index contributed by atoms with van der Waals surface area (Å²) in [6.07, 6.45) is 0.667. The molecule has 0 amide bonds. The Balaban J connectivity index is 1.87. The monoisotopic (exact) mass is 371 g/mol. The molecule has 1 aromatic heterocycles. The molecule has 0 aliphatic rings. The standard InChI is InChI=1S/C18H17N3O6/c1-11-4-5-14-13(6-11)19-10-20(14)18(22)27-9-12-7-16(25-2)17(26-3)8-15(12)21(23)24/h4-8,10H,9H2,1-3H3. The van der Waals surface area contributed by atoms with Crippen LogP contribution in [0.25, 0.3) is 11.0 Å². The highest BCUT2D eigenvalue weighted by molar-refractivity contribution is 5.86. The first kappa shape index (κ1) is 18.2. The SMILES string of the molecule is COc1cc(COC(=O)n2cnc3cc(C)ccc32)c([N+](=O)[O-])cc1OC. The number of nitro groups is 1. The Labute approximate surface area is 154 Å². The van der Waals surface area contributed by atoms with Gasteiger partial charge in [-0.3, -0.25) is 10.1 Å². The summed E-state index contributed by atoms with van der Waals surface area (Å²) in [6.45, 7) is 1.62. The smallest absolute Gasteiger partial charge is 0.420 e. The van der Waals surface area contributed by atoms with Gasteiger partial charge in [0.15, 0.2) is 11.5 Å². The number of benzene rings is 2. The van der Waals surface area contributed by atoms with E-state index in [9.17, 15) is 14.9 Å². The summed E-state index contributed by atoms with van der Waals surface area (Å²) < 4.78 is 16.7. The summed E-state index contributed by atoms with van der Waals surface area (Å²) in [5, 5.41) is 11.3. The van der Waals surface area contributed by atoms with Crippen LogP contribution in [-0.4, -0.2) is 34.8 Å². The number of ether oxygens (including phenoxy) is 3. The number of hydrogen-bond donors (Lipinski definition) is 0. The van der Waals surface area contributed by atoms with Gasteiger partial charge >= 0.3 is 6.09 Å². The summed E-state index contributed by atoms with van der Waals surface area (Å²) in [7, 11) is 2.80. The lowest BCUT2D eigenvalue weighted by molar-refractivity contribution is -0.385. The van der Waals surface area contributed by atoms with Crippen LogP contribution < -0.4 is 9.47 Å². The van der Waals surface area contributed by atoms with E-state index in [0.29, 0.717) is 16.8 Å². The van der Waals surface area contributed by atoms with Crippen LogP contribution in [0.2, 0.25) is 0 Å². The zero-order valence-electron chi connectivity index (χ0n) is 15.0. The molecule has 9 nitrogen and oxygen atoms in total. The number of nitro benzene ring substituents is 1. The van der Waals surface area contributed by atoms with Crippen LogP contribution in [0.3, 0.4) is 0 Å². The van der Waals surface area contributed by atoms with Gasteiger partial charge in [-0.2, -0.15) is 0 Å². The molecule has 0 saturated carbocycles. The van der Waals surface area contributed by atoms with Gasteiger partial charge in [0.2, 0.25) is 0 Å². The van der Waals surface area contributed by atoms with E-state index in [1.165, 1.54) is 37.2 Å². The fourth-order valence-corrected chi connectivity index (χ4v) is 2.67. The first-order valence-electron chi connectivity index (χ1n) is 7.94. The molecule has 1 heterocycles. The third-order valence-corrected chi connectivity index (χ3v) is 4.03. The molecule has 0 unspecified atom stereocenters. The lowest BCUT2D eigenvalue weighted by Gasteiger charge is -2.11. The van der Waals surface area contributed by atoms with Gasteiger partial charge < -0.3 is 14.2 Å². The van der Waals surface area contributed by atoms with Crippen molar-refractivity contribution in [3.05, 3.63) is 57.9 Å². The molecular weight excluding hydrogens is 354 g/mol. The van der Waals surface area contributed by atoms with Crippen molar-refractivity contribution < 1.29 is 23.9 Å². The molecule has 0 atom stereocenters. The van der Waals surface area contributed by atoms with Gasteiger partial charge in [-0.15, -0.1) is 0 Å². The maximum Gasteiger partial charge on any atom is 0.420 e. The van der Waals surface area contributed by atoms with Crippen LogP contribution in [0, 0.1) is 17.0 Å². The maximum atomic E-state index is 12.4. The molecule has 0 saturated heterocycles. The Kier molecular flexibility index (Phi) is 4.93. The van der Waals surface area contributed by atoms with E-state index in [-0.39, 0.29) is 23.6 Å². The number of carbonyl (C=O) groups is 1. The Bertz CT molecular complexity index is 1030. The first-order valence-corrected chi connectivity index (χ1v) is 7.94. The predicted molar refractivity (Wildman–Crippen MR) is 96.3 cm³/mol. The predicted octanol–water partition coefficient (Wildman–Crippen LogP) is 3.46. The van der Waals surface area contributed by atoms with Crippen LogP contribution in [0.15, 0.2) is 36.7 Å². The molecule has 27 heavy (non-hydrogen) atoms. The largest absolute Gasteiger partial charge is 0.493 e. The Hall–Kier alpha value is -3.62. The summed E-state index contributed by atoms with van der Waals surface area (Å²) in [4.78, 5) is 27.3. The van der Waals surface area contributed by atoms with E-state index in [0.717, 1.165) is 5.56 Å².